The summed E-state index contributed by atoms with van der Waals surface area (Å²) in [5.41, 5.74) is 0. The number of nitrogens with zero attached hydrogens (tertiary/aromatic N) is 1. The molecule has 3 fully saturated rings. The summed E-state index contributed by atoms with van der Waals surface area (Å²) >= 11 is 0. The third-order valence-electron chi connectivity index (χ3n) is 3.17. The molecule has 3 rings (SSSR count). The minimum Gasteiger partial charge on any atom is -0.370 e. The van der Waals surface area contributed by atoms with Crippen LogP contribution in [0.15, 0.2) is 0 Å². The lowest BCUT2D eigenvalue weighted by Crippen LogP contribution is -2.40. The van der Waals surface area contributed by atoms with Crippen molar-refractivity contribution in [2.75, 3.05) is 19.8 Å². The van der Waals surface area contributed by atoms with Crippen LogP contribution in [0.5, 0.6) is 0 Å². The fourth-order valence-electron chi connectivity index (χ4n) is 2.26. The molecule has 96 valence electrons. The maximum absolute atomic E-state index is 10.3. The van der Waals surface area contributed by atoms with Gasteiger partial charge in [-0.3, -0.25) is 0 Å². The molecule has 8 heteroatoms. The molecule has 0 bridgehead atoms. The molecule has 3 aliphatic rings. The summed E-state index contributed by atoms with van der Waals surface area (Å²) in [6, 6.07) is 0. The zero-order chi connectivity index (χ0) is 11.8. The summed E-state index contributed by atoms with van der Waals surface area (Å²) in [7, 11) is 0. The van der Waals surface area contributed by atoms with Crippen LogP contribution in [0, 0.1) is 10.1 Å². The molecule has 0 aromatic heterocycles. The minimum atomic E-state index is -0.816. The second kappa shape index (κ2) is 4.37. The highest BCUT2D eigenvalue weighted by Gasteiger charge is 2.50. The van der Waals surface area contributed by atoms with Crippen LogP contribution >= 0.6 is 0 Å². The van der Waals surface area contributed by atoms with Crippen molar-refractivity contribution in [2.45, 2.75) is 37.1 Å². The molecule has 3 heterocycles. The Bertz CT molecular complexity index is 308. The van der Waals surface area contributed by atoms with Crippen molar-refractivity contribution < 1.29 is 28.9 Å². The van der Waals surface area contributed by atoms with Crippen LogP contribution in [0.1, 0.15) is 6.42 Å². The molecule has 0 saturated carbocycles. The van der Waals surface area contributed by atoms with E-state index in [4.69, 9.17) is 18.9 Å². The van der Waals surface area contributed by atoms with Gasteiger partial charge < -0.3 is 23.8 Å². The van der Waals surface area contributed by atoms with Gasteiger partial charge in [0.15, 0.2) is 12.4 Å². The van der Waals surface area contributed by atoms with Crippen LogP contribution in [0.3, 0.4) is 0 Å². The Morgan fingerprint density at radius 3 is 2.35 bits per heavy atom. The number of hydrogen-bond acceptors (Lipinski definition) is 7. The Balaban J connectivity index is 1.56. The van der Waals surface area contributed by atoms with Crippen LogP contribution in [0.2, 0.25) is 0 Å². The molecular formula is C9H13NO7. The van der Waals surface area contributed by atoms with Gasteiger partial charge >= 0.3 is 0 Å². The van der Waals surface area contributed by atoms with Gasteiger partial charge in [0.2, 0.25) is 0 Å². The SMILES string of the molecule is O=[N+]([O-])OC1COC2C(OC3CCO3)COC12. The highest BCUT2D eigenvalue weighted by molar-refractivity contribution is 4.95. The monoisotopic (exact) mass is 247 g/mol. The van der Waals surface area contributed by atoms with Crippen molar-refractivity contribution in [3.63, 3.8) is 0 Å². The lowest BCUT2D eigenvalue weighted by Gasteiger charge is -2.30. The highest BCUT2D eigenvalue weighted by Crippen LogP contribution is 2.32. The molecule has 5 unspecified atom stereocenters. The van der Waals surface area contributed by atoms with E-state index in [-0.39, 0.29) is 25.1 Å². The maximum atomic E-state index is 10.3. The molecule has 17 heavy (non-hydrogen) atoms. The Hall–Kier alpha value is -0.960. The van der Waals surface area contributed by atoms with Gasteiger partial charge in [0.05, 0.1) is 19.8 Å². The first-order chi connectivity index (χ1) is 8.24. The summed E-state index contributed by atoms with van der Waals surface area (Å²) < 4.78 is 21.7. The van der Waals surface area contributed by atoms with E-state index in [2.05, 4.69) is 4.84 Å². The number of ether oxygens (including phenoxy) is 4. The summed E-state index contributed by atoms with van der Waals surface area (Å²) in [6.45, 7) is 1.22. The van der Waals surface area contributed by atoms with Crippen molar-refractivity contribution >= 4 is 0 Å². The van der Waals surface area contributed by atoms with Crippen molar-refractivity contribution in [3.8, 4) is 0 Å². The molecule has 3 aliphatic heterocycles. The second-order valence-corrected chi connectivity index (χ2v) is 4.23. The number of rotatable bonds is 4. The normalized spacial score (nSPS) is 44.1. The van der Waals surface area contributed by atoms with E-state index in [1.807, 2.05) is 0 Å². The maximum Gasteiger partial charge on any atom is 0.294 e. The molecule has 0 amide bonds. The van der Waals surface area contributed by atoms with E-state index in [9.17, 15) is 10.1 Å². The molecule has 0 aromatic carbocycles. The molecule has 0 aromatic rings. The fraction of sp³-hybridized carbons (Fsp3) is 1.00. The minimum absolute atomic E-state index is 0.154. The second-order valence-electron chi connectivity index (χ2n) is 4.23. The van der Waals surface area contributed by atoms with Crippen molar-refractivity contribution in [1.29, 1.82) is 0 Å². The Morgan fingerprint density at radius 1 is 1.12 bits per heavy atom. The lowest BCUT2D eigenvalue weighted by molar-refractivity contribution is -0.769. The van der Waals surface area contributed by atoms with Gasteiger partial charge in [0.1, 0.15) is 18.3 Å². The molecule has 0 N–H and O–H groups in total. The average molecular weight is 247 g/mol. The molecule has 0 spiro atoms. The van der Waals surface area contributed by atoms with Crippen LogP contribution < -0.4 is 0 Å². The first-order valence-corrected chi connectivity index (χ1v) is 5.55. The standard InChI is InChI=1S/C9H13NO7/c11-10(12)17-6-4-15-8-5(3-14-9(6)8)16-7-1-2-13-7/h5-9H,1-4H2. The van der Waals surface area contributed by atoms with Crippen molar-refractivity contribution in [2.24, 2.45) is 0 Å². The molecular weight excluding hydrogens is 234 g/mol. The predicted molar refractivity (Wildman–Crippen MR) is 50.6 cm³/mol. The van der Waals surface area contributed by atoms with E-state index in [0.29, 0.717) is 13.2 Å². The lowest BCUT2D eigenvalue weighted by atomic mass is 10.1. The van der Waals surface area contributed by atoms with Gasteiger partial charge in [-0.15, -0.1) is 10.1 Å². The van der Waals surface area contributed by atoms with Gasteiger partial charge in [-0.1, -0.05) is 0 Å². The van der Waals surface area contributed by atoms with E-state index in [1.165, 1.54) is 0 Å². The summed E-state index contributed by atoms with van der Waals surface area (Å²) in [4.78, 5) is 14.8. The Morgan fingerprint density at radius 2 is 1.76 bits per heavy atom. The zero-order valence-corrected chi connectivity index (χ0v) is 9.02. The summed E-state index contributed by atoms with van der Waals surface area (Å²) in [5, 5.41) is 9.46. The molecule has 8 nitrogen and oxygen atoms in total. The van der Waals surface area contributed by atoms with E-state index in [0.717, 1.165) is 6.42 Å². The topological polar surface area (TPSA) is 89.3 Å². The summed E-state index contributed by atoms with van der Waals surface area (Å²) in [5.74, 6) is 0. The van der Waals surface area contributed by atoms with Gasteiger partial charge in [-0.05, 0) is 0 Å². The third-order valence-corrected chi connectivity index (χ3v) is 3.17. The van der Waals surface area contributed by atoms with Gasteiger partial charge in [0.25, 0.3) is 5.09 Å². The first kappa shape index (κ1) is 11.1. The van der Waals surface area contributed by atoms with Crippen LogP contribution in [0.4, 0.5) is 0 Å². The van der Waals surface area contributed by atoms with Crippen molar-refractivity contribution in [1.82, 2.24) is 0 Å². The van der Waals surface area contributed by atoms with Gasteiger partial charge in [0, 0.05) is 6.42 Å². The number of hydrogen-bond donors (Lipinski definition) is 0. The van der Waals surface area contributed by atoms with Gasteiger partial charge in [-0.2, -0.15) is 0 Å². The van der Waals surface area contributed by atoms with Crippen LogP contribution in [0.25, 0.3) is 0 Å². The fourth-order valence-corrected chi connectivity index (χ4v) is 2.26. The third kappa shape index (κ3) is 2.08. The van der Waals surface area contributed by atoms with Crippen molar-refractivity contribution in [3.05, 3.63) is 10.1 Å². The van der Waals surface area contributed by atoms with E-state index in [1.54, 1.807) is 0 Å². The van der Waals surface area contributed by atoms with Crippen LogP contribution in [-0.4, -0.2) is 55.6 Å². The molecule has 0 aliphatic carbocycles. The van der Waals surface area contributed by atoms with Crippen LogP contribution in [-0.2, 0) is 23.8 Å². The van der Waals surface area contributed by atoms with E-state index < -0.39 is 17.3 Å². The molecule has 0 radical (unpaired) electrons. The zero-order valence-electron chi connectivity index (χ0n) is 9.02. The quantitative estimate of drug-likeness (QED) is 0.488. The van der Waals surface area contributed by atoms with E-state index >= 15 is 0 Å². The largest absolute Gasteiger partial charge is 0.370 e. The first-order valence-electron chi connectivity index (χ1n) is 5.55. The predicted octanol–water partition coefficient (Wildman–Crippen LogP) is -0.508. The average Bonchev–Trinajstić information content (AvgIpc) is 2.75. The number of fused-ring (bicyclic) bond motifs is 1. The van der Waals surface area contributed by atoms with Gasteiger partial charge in [-0.25, -0.2) is 0 Å². The molecule has 5 atom stereocenters. The molecule has 3 saturated heterocycles. The smallest absolute Gasteiger partial charge is 0.294 e. The summed E-state index contributed by atoms with van der Waals surface area (Å²) in [6.07, 6.45) is -0.949. The Labute approximate surface area is 96.8 Å². The Kier molecular flexibility index (Phi) is 2.87. The highest BCUT2D eigenvalue weighted by atomic mass is 17.0.